The maximum absolute atomic E-state index is 13.5. The van der Waals surface area contributed by atoms with E-state index in [1.165, 1.54) is 11.0 Å². The van der Waals surface area contributed by atoms with Gasteiger partial charge >= 0.3 is 0 Å². The van der Waals surface area contributed by atoms with Crippen LogP contribution in [0, 0.1) is 0 Å². The second-order valence-corrected chi connectivity index (χ2v) is 11.3. The maximum atomic E-state index is 13.5. The molecule has 3 rings (SSSR count). The molecule has 0 saturated heterocycles. The number of nitrogens with zero attached hydrogens (tertiary/aromatic N) is 2. The van der Waals surface area contributed by atoms with Gasteiger partial charge < -0.3 is 10.2 Å². The molecule has 0 radical (unpaired) electrons. The predicted octanol–water partition coefficient (Wildman–Crippen LogP) is 4.24. The van der Waals surface area contributed by atoms with Gasteiger partial charge in [-0.2, -0.15) is 0 Å². The molecular formula is C24H29Cl2N3O4S. The number of para-hydroxylation sites is 1. The summed E-state index contributed by atoms with van der Waals surface area (Å²) in [5.74, 6) is -0.801. The number of nitrogens with one attached hydrogen (secondary N) is 1. The van der Waals surface area contributed by atoms with Gasteiger partial charge in [0.25, 0.3) is 0 Å². The van der Waals surface area contributed by atoms with E-state index in [9.17, 15) is 18.0 Å². The number of carbonyl (C=O) groups is 2. The summed E-state index contributed by atoms with van der Waals surface area (Å²) < 4.78 is 26.1. The Morgan fingerprint density at radius 3 is 2.38 bits per heavy atom. The van der Waals surface area contributed by atoms with Crippen LogP contribution < -0.4 is 9.62 Å². The standard InChI is InChI=1S/C24H29Cl2N3O4S/c1-17(24(31)27-20-10-3-4-11-20)28(15-18-8-7-9-19(25)14-18)23(30)16-29(34(2,32)33)22-13-6-5-12-21(22)26/h5-9,12-14,17,20H,3-4,10-11,15-16H2,1-2H3,(H,27,31)/t17-/m0/s1. The Morgan fingerprint density at radius 2 is 1.76 bits per heavy atom. The van der Waals surface area contributed by atoms with Gasteiger partial charge in [-0.1, -0.05) is 60.3 Å². The van der Waals surface area contributed by atoms with Crippen molar-refractivity contribution in [2.45, 2.75) is 51.2 Å². The number of anilines is 1. The van der Waals surface area contributed by atoms with Crippen LogP contribution >= 0.6 is 23.2 Å². The van der Waals surface area contributed by atoms with Crippen molar-refractivity contribution < 1.29 is 18.0 Å². The summed E-state index contributed by atoms with van der Waals surface area (Å²) in [6, 6.07) is 12.7. The second kappa shape index (κ2) is 11.4. The Hall–Kier alpha value is -2.29. The van der Waals surface area contributed by atoms with Crippen molar-refractivity contribution in [3.63, 3.8) is 0 Å². The fourth-order valence-corrected chi connectivity index (χ4v) is 5.42. The summed E-state index contributed by atoms with van der Waals surface area (Å²) in [7, 11) is -3.83. The van der Waals surface area contributed by atoms with Crippen molar-refractivity contribution >= 4 is 50.7 Å². The molecule has 2 aromatic carbocycles. The molecule has 0 unspecified atom stereocenters. The minimum Gasteiger partial charge on any atom is -0.352 e. The summed E-state index contributed by atoms with van der Waals surface area (Å²) in [5, 5.41) is 3.73. The molecule has 0 spiro atoms. The summed E-state index contributed by atoms with van der Waals surface area (Å²) >= 11 is 12.4. The van der Waals surface area contributed by atoms with E-state index in [1.807, 2.05) is 0 Å². The van der Waals surface area contributed by atoms with E-state index in [1.54, 1.807) is 49.4 Å². The Balaban J connectivity index is 1.89. The lowest BCUT2D eigenvalue weighted by atomic mass is 10.1. The molecule has 0 aromatic heterocycles. The maximum Gasteiger partial charge on any atom is 0.244 e. The van der Waals surface area contributed by atoms with Crippen molar-refractivity contribution in [2.75, 3.05) is 17.1 Å². The molecule has 1 aliphatic rings. The average molecular weight is 526 g/mol. The Bertz CT molecular complexity index is 1140. The summed E-state index contributed by atoms with van der Waals surface area (Å²) in [5.41, 5.74) is 0.927. The van der Waals surface area contributed by atoms with Crippen LogP contribution in [0.4, 0.5) is 5.69 Å². The van der Waals surface area contributed by atoms with Crippen molar-refractivity contribution in [3.05, 3.63) is 64.1 Å². The molecule has 1 atom stereocenters. The summed E-state index contributed by atoms with van der Waals surface area (Å²) in [6.45, 7) is 1.25. The van der Waals surface area contributed by atoms with E-state index in [0.29, 0.717) is 5.02 Å². The molecule has 1 aliphatic carbocycles. The van der Waals surface area contributed by atoms with E-state index < -0.39 is 28.5 Å². The minimum absolute atomic E-state index is 0.0914. The lowest BCUT2D eigenvalue weighted by Gasteiger charge is -2.32. The third-order valence-electron chi connectivity index (χ3n) is 5.91. The number of amides is 2. The van der Waals surface area contributed by atoms with Gasteiger partial charge in [-0.3, -0.25) is 13.9 Å². The molecule has 184 valence electrons. The number of hydrogen-bond donors (Lipinski definition) is 1. The highest BCUT2D eigenvalue weighted by molar-refractivity contribution is 7.92. The monoisotopic (exact) mass is 525 g/mol. The molecule has 0 aliphatic heterocycles. The first-order valence-corrected chi connectivity index (χ1v) is 13.7. The van der Waals surface area contributed by atoms with E-state index in [0.717, 1.165) is 41.8 Å². The zero-order chi connectivity index (χ0) is 24.9. The molecule has 0 bridgehead atoms. The molecular weight excluding hydrogens is 497 g/mol. The largest absolute Gasteiger partial charge is 0.352 e. The zero-order valence-electron chi connectivity index (χ0n) is 19.2. The topological polar surface area (TPSA) is 86.8 Å². The first-order valence-electron chi connectivity index (χ1n) is 11.1. The van der Waals surface area contributed by atoms with Crippen LogP contribution in [-0.4, -0.2) is 50.0 Å². The molecule has 2 amide bonds. The Kier molecular flexibility index (Phi) is 8.84. The van der Waals surface area contributed by atoms with Gasteiger partial charge in [0.05, 0.1) is 17.0 Å². The zero-order valence-corrected chi connectivity index (χ0v) is 21.5. The molecule has 1 N–H and O–H groups in total. The Labute approximate surface area is 211 Å². The van der Waals surface area contributed by atoms with E-state index in [-0.39, 0.29) is 29.2 Å². The van der Waals surface area contributed by atoms with Gasteiger partial charge in [0.15, 0.2) is 0 Å². The van der Waals surface area contributed by atoms with Gasteiger partial charge in [-0.05, 0) is 49.6 Å². The van der Waals surface area contributed by atoms with Gasteiger partial charge in [-0.15, -0.1) is 0 Å². The normalized spacial score (nSPS) is 15.1. The minimum atomic E-state index is -3.83. The van der Waals surface area contributed by atoms with Gasteiger partial charge in [0.2, 0.25) is 21.8 Å². The molecule has 7 nitrogen and oxygen atoms in total. The fourth-order valence-electron chi connectivity index (χ4n) is 4.06. The first kappa shape index (κ1) is 26.3. The summed E-state index contributed by atoms with van der Waals surface area (Å²) in [4.78, 5) is 27.9. The number of hydrogen-bond acceptors (Lipinski definition) is 4. The second-order valence-electron chi connectivity index (χ2n) is 8.54. The van der Waals surface area contributed by atoms with Crippen molar-refractivity contribution in [1.82, 2.24) is 10.2 Å². The van der Waals surface area contributed by atoms with Crippen LogP contribution in [0.15, 0.2) is 48.5 Å². The Morgan fingerprint density at radius 1 is 1.09 bits per heavy atom. The van der Waals surface area contributed by atoms with E-state index in [2.05, 4.69) is 5.32 Å². The number of sulfonamides is 1. The predicted molar refractivity (Wildman–Crippen MR) is 136 cm³/mol. The lowest BCUT2D eigenvalue weighted by molar-refractivity contribution is -0.139. The van der Waals surface area contributed by atoms with Crippen molar-refractivity contribution in [2.24, 2.45) is 0 Å². The molecule has 0 heterocycles. The van der Waals surface area contributed by atoms with E-state index in [4.69, 9.17) is 23.2 Å². The molecule has 10 heteroatoms. The first-order chi connectivity index (χ1) is 16.1. The SMILES string of the molecule is C[C@@H](C(=O)NC1CCCC1)N(Cc1cccc(Cl)c1)C(=O)CN(c1ccccc1Cl)S(C)(=O)=O. The molecule has 2 aromatic rings. The molecule has 1 saturated carbocycles. The number of benzene rings is 2. The highest BCUT2D eigenvalue weighted by Gasteiger charge is 2.31. The van der Waals surface area contributed by atoms with Crippen LogP contribution in [0.25, 0.3) is 0 Å². The summed E-state index contributed by atoms with van der Waals surface area (Å²) in [6.07, 6.45) is 4.96. The fraction of sp³-hybridized carbons (Fsp3) is 0.417. The van der Waals surface area contributed by atoms with Gasteiger partial charge in [0, 0.05) is 17.6 Å². The highest BCUT2D eigenvalue weighted by Crippen LogP contribution is 2.27. The van der Waals surface area contributed by atoms with Gasteiger partial charge in [-0.25, -0.2) is 8.42 Å². The van der Waals surface area contributed by atoms with Crippen molar-refractivity contribution in [1.29, 1.82) is 0 Å². The van der Waals surface area contributed by atoms with Crippen molar-refractivity contribution in [3.8, 4) is 0 Å². The van der Waals surface area contributed by atoms with Crippen LogP contribution in [0.2, 0.25) is 10.0 Å². The number of rotatable bonds is 9. The third-order valence-corrected chi connectivity index (χ3v) is 7.59. The van der Waals surface area contributed by atoms with Crippen LogP contribution in [0.3, 0.4) is 0 Å². The quantitative estimate of drug-likeness (QED) is 0.530. The smallest absolute Gasteiger partial charge is 0.244 e. The van der Waals surface area contributed by atoms with Gasteiger partial charge in [0.1, 0.15) is 12.6 Å². The van der Waals surface area contributed by atoms with Crippen LogP contribution in [0.1, 0.15) is 38.2 Å². The van der Waals surface area contributed by atoms with Crippen LogP contribution in [0.5, 0.6) is 0 Å². The van der Waals surface area contributed by atoms with E-state index >= 15 is 0 Å². The number of halogens is 2. The number of carbonyl (C=O) groups excluding carboxylic acids is 2. The third kappa shape index (κ3) is 6.87. The highest BCUT2D eigenvalue weighted by atomic mass is 35.5. The molecule has 34 heavy (non-hydrogen) atoms. The lowest BCUT2D eigenvalue weighted by Crippen LogP contribution is -2.52. The average Bonchev–Trinajstić information content (AvgIpc) is 3.28. The van der Waals surface area contributed by atoms with Crippen LogP contribution in [-0.2, 0) is 26.2 Å². The molecule has 1 fully saturated rings.